The van der Waals surface area contributed by atoms with E-state index in [1.165, 1.54) is 10.5 Å². The van der Waals surface area contributed by atoms with Crippen LogP contribution in [-0.2, 0) is 9.59 Å². The molecule has 2 aromatic carbocycles. The highest BCUT2D eigenvalue weighted by atomic mass is 16.5. The number of ether oxygens (including phenoxy) is 1. The molecule has 2 aliphatic carbocycles. The van der Waals surface area contributed by atoms with Crippen molar-refractivity contribution in [3.63, 3.8) is 0 Å². The molecule has 138 valence electrons. The Morgan fingerprint density at radius 3 is 2.15 bits per heavy atom. The zero-order chi connectivity index (χ0) is 18.7. The summed E-state index contributed by atoms with van der Waals surface area (Å²) in [6, 6.07) is 13.3. The van der Waals surface area contributed by atoms with Crippen LogP contribution in [0, 0.1) is 37.5 Å². The van der Waals surface area contributed by atoms with Gasteiger partial charge in [0.15, 0.2) is 0 Å². The average Bonchev–Trinajstić information content (AvgIpc) is 3.34. The maximum Gasteiger partial charge on any atom is 0.237 e. The van der Waals surface area contributed by atoms with Crippen LogP contribution in [0.4, 0.5) is 5.69 Å². The Labute approximate surface area is 159 Å². The largest absolute Gasteiger partial charge is 0.457 e. The molecule has 4 heteroatoms. The maximum atomic E-state index is 12.9. The van der Waals surface area contributed by atoms with Crippen LogP contribution in [0.1, 0.15) is 30.4 Å². The molecule has 1 heterocycles. The number of carbonyl (C=O) groups excluding carboxylic acids is 2. The molecule has 2 amide bonds. The van der Waals surface area contributed by atoms with Crippen molar-refractivity contribution in [2.75, 3.05) is 4.90 Å². The molecule has 0 aromatic heterocycles. The third kappa shape index (κ3) is 2.43. The molecule has 0 radical (unpaired) electrons. The number of nitrogens with zero attached hydrogens (tertiary/aromatic N) is 1. The summed E-state index contributed by atoms with van der Waals surface area (Å²) in [4.78, 5) is 27.3. The second-order valence-electron chi connectivity index (χ2n) is 8.19. The SMILES string of the molecule is Cc1cccc(Oc2ccc(N3C(=O)[C@@H]4[C@H]5CC[C@@H](C5)[C@@H]4C3=O)cc2)c1C. The smallest absolute Gasteiger partial charge is 0.237 e. The standard InChI is InChI=1S/C23H23NO3/c1-13-4-3-5-19(14(13)2)27-18-10-8-17(9-11-18)24-22(25)20-15-6-7-16(12-15)21(20)23(24)26/h3-5,8-11,15-16,20-21H,6-7,12H2,1-2H3/t15-,16-,20-,21+/m0/s1. The van der Waals surface area contributed by atoms with Crippen LogP contribution >= 0.6 is 0 Å². The lowest BCUT2D eigenvalue weighted by Crippen LogP contribution is -2.32. The van der Waals surface area contributed by atoms with Crippen LogP contribution in [0.3, 0.4) is 0 Å². The summed E-state index contributed by atoms with van der Waals surface area (Å²) in [6.45, 7) is 4.09. The van der Waals surface area contributed by atoms with Crippen molar-refractivity contribution in [2.24, 2.45) is 23.7 Å². The van der Waals surface area contributed by atoms with Gasteiger partial charge in [-0.15, -0.1) is 0 Å². The van der Waals surface area contributed by atoms with Crippen molar-refractivity contribution >= 4 is 17.5 Å². The number of aryl methyl sites for hydroxylation is 1. The van der Waals surface area contributed by atoms with Gasteiger partial charge in [0, 0.05) is 0 Å². The number of hydrogen-bond acceptors (Lipinski definition) is 3. The number of benzene rings is 2. The van der Waals surface area contributed by atoms with Crippen LogP contribution in [0.25, 0.3) is 0 Å². The molecule has 5 rings (SSSR count). The van der Waals surface area contributed by atoms with Gasteiger partial charge < -0.3 is 4.74 Å². The van der Waals surface area contributed by atoms with Crippen molar-refractivity contribution in [2.45, 2.75) is 33.1 Å². The first-order chi connectivity index (χ1) is 13.0. The van der Waals surface area contributed by atoms with Gasteiger partial charge in [0.05, 0.1) is 17.5 Å². The predicted octanol–water partition coefficient (Wildman–Crippen LogP) is 4.63. The van der Waals surface area contributed by atoms with Gasteiger partial charge in [0.1, 0.15) is 11.5 Å². The molecule has 3 fully saturated rings. The van der Waals surface area contributed by atoms with Gasteiger partial charge >= 0.3 is 0 Å². The Morgan fingerprint density at radius 1 is 0.889 bits per heavy atom. The van der Waals surface area contributed by atoms with Gasteiger partial charge in [0.2, 0.25) is 11.8 Å². The Hall–Kier alpha value is -2.62. The molecular weight excluding hydrogens is 338 g/mol. The number of hydrogen-bond donors (Lipinski definition) is 0. The molecule has 27 heavy (non-hydrogen) atoms. The van der Waals surface area contributed by atoms with Crippen LogP contribution < -0.4 is 9.64 Å². The van der Waals surface area contributed by atoms with E-state index in [4.69, 9.17) is 4.74 Å². The van der Waals surface area contributed by atoms with Crippen LogP contribution in [0.5, 0.6) is 11.5 Å². The Morgan fingerprint density at radius 2 is 1.52 bits per heavy atom. The summed E-state index contributed by atoms with van der Waals surface area (Å²) in [6.07, 6.45) is 3.26. The number of imide groups is 1. The third-order valence-corrected chi connectivity index (χ3v) is 6.81. The van der Waals surface area contributed by atoms with Crippen LogP contribution in [0.15, 0.2) is 42.5 Å². The molecular formula is C23H23NO3. The first-order valence-corrected chi connectivity index (χ1v) is 9.76. The lowest BCUT2D eigenvalue weighted by Gasteiger charge is -2.19. The molecule has 4 atom stereocenters. The van der Waals surface area contributed by atoms with Gasteiger partial charge in [-0.05, 0) is 86.4 Å². The van der Waals surface area contributed by atoms with Gasteiger partial charge in [-0.2, -0.15) is 0 Å². The molecule has 2 aromatic rings. The van der Waals surface area contributed by atoms with Crippen molar-refractivity contribution in [1.29, 1.82) is 0 Å². The second-order valence-corrected chi connectivity index (χ2v) is 8.19. The van der Waals surface area contributed by atoms with E-state index in [9.17, 15) is 9.59 Å². The second kappa shape index (κ2) is 5.95. The fourth-order valence-corrected chi connectivity index (χ4v) is 5.29. The maximum absolute atomic E-state index is 12.9. The minimum atomic E-state index is -0.0814. The number of rotatable bonds is 3. The van der Waals surface area contributed by atoms with E-state index >= 15 is 0 Å². The average molecular weight is 361 g/mol. The molecule has 0 unspecified atom stereocenters. The van der Waals surface area contributed by atoms with E-state index in [2.05, 4.69) is 13.0 Å². The summed E-state index contributed by atoms with van der Waals surface area (Å²) in [7, 11) is 0. The number of anilines is 1. The van der Waals surface area contributed by atoms with Gasteiger partial charge in [0.25, 0.3) is 0 Å². The van der Waals surface area contributed by atoms with Crippen molar-refractivity contribution < 1.29 is 14.3 Å². The third-order valence-electron chi connectivity index (χ3n) is 6.81. The highest BCUT2D eigenvalue weighted by molar-refractivity contribution is 6.22. The van der Waals surface area contributed by atoms with E-state index in [0.717, 1.165) is 30.6 Å². The number of fused-ring (bicyclic) bond motifs is 5. The highest BCUT2D eigenvalue weighted by Crippen LogP contribution is 2.56. The molecule has 3 aliphatic rings. The predicted molar refractivity (Wildman–Crippen MR) is 103 cm³/mol. The summed E-state index contributed by atoms with van der Waals surface area (Å²) < 4.78 is 5.99. The minimum absolute atomic E-state index is 0.000368. The zero-order valence-corrected chi connectivity index (χ0v) is 15.6. The summed E-state index contributed by atoms with van der Waals surface area (Å²) in [5.74, 6) is 2.18. The Balaban J connectivity index is 1.39. The highest BCUT2D eigenvalue weighted by Gasteiger charge is 2.61. The van der Waals surface area contributed by atoms with Gasteiger partial charge in [-0.3, -0.25) is 14.5 Å². The van der Waals surface area contributed by atoms with E-state index in [-0.39, 0.29) is 23.7 Å². The molecule has 0 N–H and O–H groups in total. The topological polar surface area (TPSA) is 46.6 Å². The normalized spacial score (nSPS) is 28.7. The number of amides is 2. The van der Waals surface area contributed by atoms with Gasteiger partial charge in [-0.25, -0.2) is 0 Å². The fraction of sp³-hybridized carbons (Fsp3) is 0.391. The quantitative estimate of drug-likeness (QED) is 0.749. The van der Waals surface area contributed by atoms with E-state index in [1.807, 2.05) is 43.3 Å². The van der Waals surface area contributed by atoms with Crippen molar-refractivity contribution in [3.8, 4) is 11.5 Å². The lowest BCUT2D eigenvalue weighted by molar-refractivity contribution is -0.123. The van der Waals surface area contributed by atoms with Crippen molar-refractivity contribution in [3.05, 3.63) is 53.6 Å². The van der Waals surface area contributed by atoms with Crippen LogP contribution in [-0.4, -0.2) is 11.8 Å². The van der Waals surface area contributed by atoms with E-state index in [1.54, 1.807) is 0 Å². The van der Waals surface area contributed by atoms with Gasteiger partial charge in [-0.1, -0.05) is 12.1 Å². The van der Waals surface area contributed by atoms with Crippen molar-refractivity contribution in [1.82, 2.24) is 0 Å². The Bertz CT molecular complexity index is 905. The summed E-state index contributed by atoms with van der Waals surface area (Å²) in [5, 5.41) is 0. The minimum Gasteiger partial charge on any atom is -0.457 e. The van der Waals surface area contributed by atoms with Crippen LogP contribution in [0.2, 0.25) is 0 Å². The zero-order valence-electron chi connectivity index (χ0n) is 15.6. The molecule has 1 aliphatic heterocycles. The van der Waals surface area contributed by atoms with E-state index < -0.39 is 0 Å². The summed E-state index contributed by atoms with van der Waals surface area (Å²) >= 11 is 0. The summed E-state index contributed by atoms with van der Waals surface area (Å²) in [5.41, 5.74) is 2.94. The Kier molecular flexibility index (Phi) is 3.64. The molecule has 2 bridgehead atoms. The first-order valence-electron chi connectivity index (χ1n) is 9.76. The molecule has 4 nitrogen and oxygen atoms in total. The lowest BCUT2D eigenvalue weighted by atomic mass is 9.81. The van der Waals surface area contributed by atoms with E-state index in [0.29, 0.717) is 23.3 Å². The molecule has 2 saturated carbocycles. The fourth-order valence-electron chi connectivity index (χ4n) is 5.29. The first kappa shape index (κ1) is 16.5. The monoisotopic (exact) mass is 361 g/mol. The number of carbonyl (C=O) groups is 2. The molecule has 1 saturated heterocycles. The molecule has 0 spiro atoms.